The number of aromatic nitrogens is 1. The normalized spacial score (nSPS) is 21.7. The van der Waals surface area contributed by atoms with Gasteiger partial charge < -0.3 is 20.4 Å². The highest BCUT2D eigenvalue weighted by atomic mass is 16.5. The maximum atomic E-state index is 12.2. The Hall–Kier alpha value is -2.87. The average molecular weight is 332 g/mol. The molecule has 0 radical (unpaired) electrons. The summed E-state index contributed by atoms with van der Waals surface area (Å²) in [6.45, 7) is -0.635. The molecule has 0 spiro atoms. The molecule has 3 rings (SSSR count). The van der Waals surface area contributed by atoms with Crippen molar-refractivity contribution in [1.29, 1.82) is 0 Å². The first kappa shape index (κ1) is 16.0. The van der Waals surface area contributed by atoms with Crippen LogP contribution in [0.4, 0.5) is 0 Å². The number of para-hydroxylation sites is 1. The van der Waals surface area contributed by atoms with Gasteiger partial charge in [-0.1, -0.05) is 12.1 Å². The number of nitrogens with one attached hydrogen (secondary N) is 1. The fourth-order valence-electron chi connectivity index (χ4n) is 2.80. The van der Waals surface area contributed by atoms with Crippen LogP contribution >= 0.6 is 0 Å². The number of ether oxygens (including phenoxy) is 1. The Morgan fingerprint density at radius 3 is 2.79 bits per heavy atom. The van der Waals surface area contributed by atoms with E-state index in [0.717, 1.165) is 5.39 Å². The molecule has 3 N–H and O–H groups in total. The number of benzene rings is 1. The molecule has 8 heteroatoms. The van der Waals surface area contributed by atoms with E-state index in [2.05, 4.69) is 5.43 Å². The van der Waals surface area contributed by atoms with Crippen LogP contribution in [0.2, 0.25) is 0 Å². The number of carbonyl (C=O) groups is 3. The minimum Gasteiger partial charge on any atom is -0.480 e. The van der Waals surface area contributed by atoms with Crippen molar-refractivity contribution in [2.24, 2.45) is 5.92 Å². The van der Waals surface area contributed by atoms with E-state index in [1.807, 2.05) is 0 Å². The SMILES string of the molecule is O=C1CCC(=O)C(CO)[C@@H](C(=O)O)Nn2ccc3cccc(c32)O1. The summed E-state index contributed by atoms with van der Waals surface area (Å²) < 4.78 is 6.71. The van der Waals surface area contributed by atoms with Gasteiger partial charge in [-0.25, -0.2) is 4.79 Å². The fourth-order valence-corrected chi connectivity index (χ4v) is 2.80. The molecule has 2 heterocycles. The topological polar surface area (TPSA) is 118 Å². The Morgan fingerprint density at radius 1 is 1.29 bits per heavy atom. The predicted molar refractivity (Wildman–Crippen MR) is 83.2 cm³/mol. The summed E-state index contributed by atoms with van der Waals surface area (Å²) in [6, 6.07) is 5.48. The van der Waals surface area contributed by atoms with Crippen molar-refractivity contribution >= 4 is 28.6 Å². The van der Waals surface area contributed by atoms with Crippen LogP contribution in [0.5, 0.6) is 5.75 Å². The number of aliphatic hydroxyl groups is 1. The number of aliphatic hydroxyl groups excluding tert-OH is 1. The number of rotatable bonds is 2. The number of hydrogen-bond donors (Lipinski definition) is 3. The van der Waals surface area contributed by atoms with Crippen LogP contribution in [0.3, 0.4) is 0 Å². The Labute approximate surface area is 136 Å². The zero-order chi connectivity index (χ0) is 17.3. The van der Waals surface area contributed by atoms with Gasteiger partial charge in [-0.2, -0.15) is 0 Å². The van der Waals surface area contributed by atoms with Crippen molar-refractivity contribution < 1.29 is 29.3 Å². The molecule has 0 aliphatic carbocycles. The molecule has 1 aromatic carbocycles. The first-order valence-corrected chi connectivity index (χ1v) is 7.45. The van der Waals surface area contributed by atoms with Crippen LogP contribution in [0.25, 0.3) is 10.9 Å². The second kappa shape index (κ2) is 6.32. The second-order valence-corrected chi connectivity index (χ2v) is 5.55. The average Bonchev–Trinajstić information content (AvgIpc) is 2.95. The van der Waals surface area contributed by atoms with E-state index >= 15 is 0 Å². The Kier molecular flexibility index (Phi) is 4.22. The summed E-state index contributed by atoms with van der Waals surface area (Å²) in [6.07, 6.45) is 1.20. The zero-order valence-corrected chi connectivity index (χ0v) is 12.6. The van der Waals surface area contributed by atoms with Gasteiger partial charge in [0.15, 0.2) is 11.8 Å². The molecule has 2 aromatic rings. The maximum absolute atomic E-state index is 12.2. The van der Waals surface area contributed by atoms with Gasteiger partial charge in [0.2, 0.25) is 0 Å². The summed E-state index contributed by atoms with van der Waals surface area (Å²) >= 11 is 0. The molecule has 0 saturated heterocycles. The molecule has 24 heavy (non-hydrogen) atoms. The summed E-state index contributed by atoms with van der Waals surface area (Å²) in [5.74, 6) is -3.27. The lowest BCUT2D eigenvalue weighted by atomic mass is 9.93. The van der Waals surface area contributed by atoms with Crippen molar-refractivity contribution in [3.63, 3.8) is 0 Å². The minimum atomic E-state index is -1.33. The summed E-state index contributed by atoms with van der Waals surface area (Å²) in [5.41, 5.74) is 3.22. The molecular weight excluding hydrogens is 316 g/mol. The molecule has 126 valence electrons. The van der Waals surface area contributed by atoms with E-state index in [0.29, 0.717) is 5.52 Å². The highest BCUT2D eigenvalue weighted by molar-refractivity contribution is 5.93. The van der Waals surface area contributed by atoms with Crippen LogP contribution in [-0.4, -0.2) is 45.3 Å². The van der Waals surface area contributed by atoms with E-state index in [-0.39, 0.29) is 18.6 Å². The van der Waals surface area contributed by atoms with Gasteiger partial charge in [-0.05, 0) is 12.1 Å². The lowest BCUT2D eigenvalue weighted by Crippen LogP contribution is -2.46. The lowest BCUT2D eigenvalue weighted by molar-refractivity contribution is -0.143. The largest absolute Gasteiger partial charge is 0.480 e. The molecule has 2 atom stereocenters. The molecule has 1 aliphatic rings. The van der Waals surface area contributed by atoms with E-state index in [9.17, 15) is 24.6 Å². The number of aliphatic carboxylic acids is 1. The first-order chi connectivity index (χ1) is 11.5. The fraction of sp³-hybridized carbons (Fsp3) is 0.312. The van der Waals surface area contributed by atoms with Crippen LogP contribution in [0.1, 0.15) is 12.8 Å². The van der Waals surface area contributed by atoms with Crippen LogP contribution in [0, 0.1) is 5.92 Å². The number of carboxylic acids is 1. The van der Waals surface area contributed by atoms with Crippen LogP contribution < -0.4 is 10.2 Å². The Balaban J connectivity index is 2.13. The van der Waals surface area contributed by atoms with Crippen molar-refractivity contribution in [1.82, 2.24) is 4.68 Å². The lowest BCUT2D eigenvalue weighted by Gasteiger charge is -2.23. The standard InChI is InChI=1S/C16H16N2O6/c19-8-10-11(20)4-5-13(21)24-12-3-1-2-9-6-7-18(15(9)12)17-14(10)16(22)23/h1-3,6-7,10,14,17,19H,4-5,8H2,(H,22,23)/t10?,14-/m0/s1. The number of Topliss-reactive ketones (excluding diaryl/α,β-unsaturated/α-hetero) is 1. The third-order valence-electron chi connectivity index (χ3n) is 4.03. The zero-order valence-electron chi connectivity index (χ0n) is 12.6. The molecule has 0 bridgehead atoms. The number of carbonyl (C=O) groups excluding carboxylic acids is 2. The predicted octanol–water partition coefficient (Wildman–Crippen LogP) is 0.515. The quantitative estimate of drug-likeness (QED) is 0.542. The number of carboxylic acid groups (broad SMARTS) is 1. The maximum Gasteiger partial charge on any atom is 0.328 e. The summed E-state index contributed by atoms with van der Waals surface area (Å²) in [5, 5.41) is 19.7. The van der Waals surface area contributed by atoms with Gasteiger partial charge in [0.05, 0.1) is 18.9 Å². The first-order valence-electron chi connectivity index (χ1n) is 7.45. The summed E-state index contributed by atoms with van der Waals surface area (Å²) in [7, 11) is 0. The number of esters is 1. The molecule has 0 saturated carbocycles. The van der Waals surface area contributed by atoms with Crippen molar-refractivity contribution in [2.45, 2.75) is 18.9 Å². The van der Waals surface area contributed by atoms with Gasteiger partial charge in [0, 0.05) is 18.0 Å². The molecule has 1 aromatic heterocycles. The molecule has 8 nitrogen and oxygen atoms in total. The van der Waals surface area contributed by atoms with Gasteiger partial charge in [-0.15, -0.1) is 0 Å². The van der Waals surface area contributed by atoms with E-state index in [1.54, 1.807) is 30.5 Å². The number of hydrogen-bond acceptors (Lipinski definition) is 6. The second-order valence-electron chi connectivity index (χ2n) is 5.55. The molecule has 0 fully saturated rings. The summed E-state index contributed by atoms with van der Waals surface area (Å²) in [4.78, 5) is 35.8. The highest BCUT2D eigenvalue weighted by Gasteiger charge is 2.34. The van der Waals surface area contributed by atoms with Gasteiger partial charge in [-0.3, -0.25) is 14.3 Å². The van der Waals surface area contributed by atoms with Crippen LogP contribution in [0.15, 0.2) is 30.5 Å². The molecular formula is C16H16N2O6. The van der Waals surface area contributed by atoms with Crippen molar-refractivity contribution in [2.75, 3.05) is 12.0 Å². The molecule has 0 amide bonds. The third kappa shape index (κ3) is 2.83. The van der Waals surface area contributed by atoms with Crippen molar-refractivity contribution in [3.8, 4) is 5.75 Å². The van der Waals surface area contributed by atoms with Gasteiger partial charge in [0.1, 0.15) is 11.3 Å². The third-order valence-corrected chi connectivity index (χ3v) is 4.03. The monoisotopic (exact) mass is 332 g/mol. The van der Waals surface area contributed by atoms with Gasteiger partial charge in [0.25, 0.3) is 0 Å². The Bertz CT molecular complexity index is 812. The highest BCUT2D eigenvalue weighted by Crippen LogP contribution is 2.27. The van der Waals surface area contributed by atoms with Gasteiger partial charge >= 0.3 is 11.9 Å². The van der Waals surface area contributed by atoms with Crippen LogP contribution in [-0.2, 0) is 14.4 Å². The minimum absolute atomic E-state index is 0.182. The number of ketones is 1. The Morgan fingerprint density at radius 2 is 2.08 bits per heavy atom. The molecule has 1 unspecified atom stereocenters. The van der Waals surface area contributed by atoms with E-state index in [1.165, 1.54) is 4.68 Å². The molecule has 1 aliphatic heterocycles. The number of nitrogens with zero attached hydrogens (tertiary/aromatic N) is 1. The smallest absolute Gasteiger partial charge is 0.328 e. The van der Waals surface area contributed by atoms with Crippen molar-refractivity contribution in [3.05, 3.63) is 30.5 Å². The van der Waals surface area contributed by atoms with E-state index < -0.39 is 36.3 Å². The van der Waals surface area contributed by atoms with E-state index in [4.69, 9.17) is 4.74 Å².